The van der Waals surface area contributed by atoms with Gasteiger partial charge in [-0.2, -0.15) is 0 Å². The third kappa shape index (κ3) is 3.38. The lowest BCUT2D eigenvalue weighted by Crippen LogP contribution is -2.31. The molecule has 5 heteroatoms. The van der Waals surface area contributed by atoms with Gasteiger partial charge in [0.15, 0.2) is 0 Å². The summed E-state index contributed by atoms with van der Waals surface area (Å²) < 4.78 is 0. The van der Waals surface area contributed by atoms with Crippen LogP contribution in [0.25, 0.3) is 0 Å². The molecule has 0 saturated carbocycles. The zero-order chi connectivity index (χ0) is 15.4. The third-order valence-corrected chi connectivity index (χ3v) is 4.32. The van der Waals surface area contributed by atoms with Crippen LogP contribution in [0.2, 0.25) is 0 Å². The van der Waals surface area contributed by atoms with Crippen molar-refractivity contribution in [2.75, 3.05) is 30.4 Å². The maximum absolute atomic E-state index is 12.4. The van der Waals surface area contributed by atoms with Crippen molar-refractivity contribution in [3.63, 3.8) is 0 Å². The fraction of sp³-hybridized carbons (Fsp3) is 0.500. The van der Waals surface area contributed by atoms with Gasteiger partial charge in [0.2, 0.25) is 5.91 Å². The quantitative estimate of drug-likeness (QED) is 0.785. The van der Waals surface area contributed by atoms with E-state index in [2.05, 4.69) is 0 Å². The first kappa shape index (κ1) is 15.8. The van der Waals surface area contributed by atoms with Gasteiger partial charge >= 0.3 is 0 Å². The molecule has 1 saturated heterocycles. The van der Waals surface area contributed by atoms with E-state index in [1.165, 1.54) is 0 Å². The maximum Gasteiger partial charge on any atom is 0.253 e. The Bertz CT molecular complexity index is 529. The van der Waals surface area contributed by atoms with Gasteiger partial charge in [-0.15, -0.1) is 11.6 Å². The topological polar surface area (TPSA) is 40.6 Å². The molecule has 1 unspecified atom stereocenters. The van der Waals surface area contributed by atoms with Crippen molar-refractivity contribution < 1.29 is 9.59 Å². The first-order chi connectivity index (χ1) is 10.1. The minimum atomic E-state index is 0.00221. The minimum absolute atomic E-state index is 0.00221. The van der Waals surface area contributed by atoms with Crippen LogP contribution < -0.4 is 4.90 Å². The Morgan fingerprint density at radius 1 is 1.38 bits per heavy atom. The standard InChI is InChI=1S/C16H21ClN2O2/c1-3-18(4-2)16(21)13-6-5-7-14(9-13)19-11-12(10-17)8-15(19)20/h5-7,9,12H,3-4,8,10-11H2,1-2H3. The summed E-state index contributed by atoms with van der Waals surface area (Å²) >= 11 is 5.85. The molecule has 0 bridgehead atoms. The molecule has 1 aromatic carbocycles. The molecule has 4 nitrogen and oxygen atoms in total. The second-order valence-corrected chi connectivity index (χ2v) is 5.57. The van der Waals surface area contributed by atoms with Gasteiger partial charge in [0.05, 0.1) is 0 Å². The van der Waals surface area contributed by atoms with Crippen molar-refractivity contribution in [1.29, 1.82) is 0 Å². The molecule has 1 aliphatic rings. The molecule has 0 aliphatic carbocycles. The van der Waals surface area contributed by atoms with Crippen molar-refractivity contribution in [3.05, 3.63) is 29.8 Å². The van der Waals surface area contributed by atoms with Gasteiger partial charge < -0.3 is 9.80 Å². The Balaban J connectivity index is 2.22. The van der Waals surface area contributed by atoms with Gasteiger partial charge in [-0.3, -0.25) is 9.59 Å². The highest BCUT2D eigenvalue weighted by atomic mass is 35.5. The molecular weight excluding hydrogens is 288 g/mol. The third-order valence-electron chi connectivity index (χ3n) is 3.88. The van der Waals surface area contributed by atoms with Crippen LogP contribution in [0.4, 0.5) is 5.69 Å². The van der Waals surface area contributed by atoms with Crippen LogP contribution in [0.3, 0.4) is 0 Å². The summed E-state index contributed by atoms with van der Waals surface area (Å²) in [4.78, 5) is 27.9. The van der Waals surface area contributed by atoms with E-state index in [0.29, 0.717) is 37.5 Å². The van der Waals surface area contributed by atoms with Crippen molar-refractivity contribution in [3.8, 4) is 0 Å². The van der Waals surface area contributed by atoms with E-state index in [4.69, 9.17) is 11.6 Å². The largest absolute Gasteiger partial charge is 0.339 e. The molecule has 114 valence electrons. The van der Waals surface area contributed by atoms with E-state index < -0.39 is 0 Å². The van der Waals surface area contributed by atoms with Gasteiger partial charge in [0.1, 0.15) is 0 Å². The number of halogens is 1. The van der Waals surface area contributed by atoms with Crippen LogP contribution in [-0.4, -0.2) is 42.2 Å². The highest BCUT2D eigenvalue weighted by molar-refractivity contribution is 6.18. The van der Waals surface area contributed by atoms with Gasteiger partial charge in [-0.1, -0.05) is 6.07 Å². The number of carbonyl (C=O) groups is 2. The molecule has 0 aromatic heterocycles. The fourth-order valence-corrected chi connectivity index (χ4v) is 2.84. The molecule has 2 rings (SSSR count). The van der Waals surface area contributed by atoms with Gasteiger partial charge in [-0.05, 0) is 38.0 Å². The normalized spacial score (nSPS) is 18.1. The molecule has 1 aromatic rings. The summed E-state index contributed by atoms with van der Waals surface area (Å²) in [6, 6.07) is 7.29. The number of anilines is 1. The Labute approximate surface area is 130 Å². The van der Waals surface area contributed by atoms with E-state index in [1.807, 2.05) is 26.0 Å². The van der Waals surface area contributed by atoms with E-state index in [-0.39, 0.29) is 17.7 Å². The molecular formula is C16H21ClN2O2. The highest BCUT2D eigenvalue weighted by Crippen LogP contribution is 2.26. The van der Waals surface area contributed by atoms with Crippen molar-refractivity contribution >= 4 is 29.1 Å². The van der Waals surface area contributed by atoms with Gasteiger partial charge in [0, 0.05) is 43.2 Å². The van der Waals surface area contributed by atoms with Crippen molar-refractivity contribution in [2.45, 2.75) is 20.3 Å². The van der Waals surface area contributed by atoms with E-state index in [9.17, 15) is 9.59 Å². The Kier molecular flexibility index (Phi) is 5.23. The van der Waals surface area contributed by atoms with Crippen LogP contribution in [-0.2, 0) is 4.79 Å². The lowest BCUT2D eigenvalue weighted by molar-refractivity contribution is -0.117. The van der Waals surface area contributed by atoms with Crippen LogP contribution in [0.1, 0.15) is 30.6 Å². The number of amides is 2. The Morgan fingerprint density at radius 3 is 2.67 bits per heavy atom. The molecule has 0 N–H and O–H groups in total. The van der Waals surface area contributed by atoms with E-state index >= 15 is 0 Å². The highest BCUT2D eigenvalue weighted by Gasteiger charge is 2.30. The average Bonchev–Trinajstić information content (AvgIpc) is 2.89. The number of rotatable bonds is 5. The number of hydrogen-bond donors (Lipinski definition) is 0. The van der Waals surface area contributed by atoms with Crippen molar-refractivity contribution in [1.82, 2.24) is 4.90 Å². The van der Waals surface area contributed by atoms with Gasteiger partial charge in [-0.25, -0.2) is 0 Å². The first-order valence-corrected chi connectivity index (χ1v) is 7.89. The number of hydrogen-bond acceptors (Lipinski definition) is 2. The smallest absolute Gasteiger partial charge is 0.253 e. The number of alkyl halides is 1. The Morgan fingerprint density at radius 2 is 2.10 bits per heavy atom. The monoisotopic (exact) mass is 308 g/mol. The summed E-state index contributed by atoms with van der Waals surface area (Å²) in [6.07, 6.45) is 0.484. The van der Waals surface area contributed by atoms with Crippen LogP contribution in [0.15, 0.2) is 24.3 Å². The summed E-state index contributed by atoms with van der Waals surface area (Å²) in [5.41, 5.74) is 1.41. The van der Waals surface area contributed by atoms with E-state index in [1.54, 1.807) is 21.9 Å². The minimum Gasteiger partial charge on any atom is -0.339 e. The molecule has 1 aliphatic heterocycles. The fourth-order valence-electron chi connectivity index (χ4n) is 2.63. The summed E-state index contributed by atoms with van der Waals surface area (Å²) in [7, 11) is 0. The molecule has 21 heavy (non-hydrogen) atoms. The summed E-state index contributed by atoms with van der Waals surface area (Å²) in [5, 5.41) is 0. The lowest BCUT2D eigenvalue weighted by atomic mass is 10.1. The maximum atomic E-state index is 12.4. The van der Waals surface area contributed by atoms with Crippen LogP contribution >= 0.6 is 11.6 Å². The molecule has 0 radical (unpaired) electrons. The molecule has 1 atom stereocenters. The molecule has 1 fully saturated rings. The second kappa shape index (κ2) is 6.94. The number of benzene rings is 1. The lowest BCUT2D eigenvalue weighted by Gasteiger charge is -2.21. The summed E-state index contributed by atoms with van der Waals surface area (Å²) in [6.45, 7) is 5.90. The number of carbonyl (C=O) groups excluding carboxylic acids is 2. The predicted molar refractivity (Wildman–Crippen MR) is 84.9 cm³/mol. The SMILES string of the molecule is CCN(CC)C(=O)c1cccc(N2CC(CCl)CC2=O)c1. The molecule has 1 heterocycles. The second-order valence-electron chi connectivity index (χ2n) is 5.26. The van der Waals surface area contributed by atoms with Crippen LogP contribution in [0, 0.1) is 5.92 Å². The Hall–Kier alpha value is -1.55. The van der Waals surface area contributed by atoms with E-state index in [0.717, 1.165) is 5.69 Å². The zero-order valence-electron chi connectivity index (χ0n) is 12.5. The van der Waals surface area contributed by atoms with Gasteiger partial charge in [0.25, 0.3) is 5.91 Å². The molecule has 0 spiro atoms. The van der Waals surface area contributed by atoms with Crippen molar-refractivity contribution in [2.24, 2.45) is 5.92 Å². The predicted octanol–water partition coefficient (Wildman–Crippen LogP) is 2.76. The summed E-state index contributed by atoms with van der Waals surface area (Å²) in [5.74, 6) is 0.761. The molecule has 2 amide bonds. The van der Waals surface area contributed by atoms with Crippen LogP contribution in [0.5, 0.6) is 0 Å². The number of nitrogens with zero attached hydrogens (tertiary/aromatic N) is 2. The average molecular weight is 309 g/mol. The first-order valence-electron chi connectivity index (χ1n) is 7.36. The zero-order valence-corrected chi connectivity index (χ0v) is 13.3.